The van der Waals surface area contributed by atoms with E-state index in [0.29, 0.717) is 0 Å². The Morgan fingerprint density at radius 3 is 2.17 bits per heavy atom. The van der Waals surface area contributed by atoms with Crippen molar-refractivity contribution in [1.82, 2.24) is 5.59 Å². The molecule has 3 heteroatoms. The Morgan fingerprint density at radius 2 is 2.17 bits per heavy atom. The van der Waals surface area contributed by atoms with Crippen LogP contribution in [0.5, 0.6) is 0 Å². The largest absolute Gasteiger partial charge is 0.274 e. The monoisotopic (exact) mass is 88.1 g/mol. The van der Waals surface area contributed by atoms with Crippen LogP contribution < -0.4 is 5.59 Å². The Bertz CT molecular complexity index is 55.8. The van der Waals surface area contributed by atoms with Crippen molar-refractivity contribution in [2.45, 2.75) is 13.8 Å². The van der Waals surface area contributed by atoms with Gasteiger partial charge in [-0.05, 0) is 13.8 Å². The highest BCUT2D eigenvalue weighted by Gasteiger charge is 1.67. The predicted molar refractivity (Wildman–Crippen MR) is 23.7 cm³/mol. The fourth-order valence-corrected chi connectivity index (χ4v) is 0.100. The van der Waals surface area contributed by atoms with Crippen LogP contribution in [0.1, 0.15) is 13.8 Å². The zero-order chi connectivity index (χ0) is 4.99. The molecule has 0 spiro atoms. The zero-order valence-electron chi connectivity index (χ0n) is 3.89. The van der Waals surface area contributed by atoms with Crippen LogP contribution in [0.4, 0.5) is 0 Å². The maximum Gasteiger partial charge on any atom is 0.0341 e. The van der Waals surface area contributed by atoms with Crippen molar-refractivity contribution >= 4 is 5.71 Å². The van der Waals surface area contributed by atoms with E-state index in [9.17, 15) is 0 Å². The fraction of sp³-hybridized carbons (Fsp3) is 0.667. The molecule has 36 valence electrons. The molecule has 2 N–H and O–H groups in total. The highest BCUT2D eigenvalue weighted by molar-refractivity contribution is 5.78. The third-order valence-corrected chi connectivity index (χ3v) is 0.274. The van der Waals surface area contributed by atoms with Crippen LogP contribution in [0.3, 0.4) is 0 Å². The molecule has 3 nitrogen and oxygen atoms in total. The summed E-state index contributed by atoms with van der Waals surface area (Å²) in [6.07, 6.45) is 0. The lowest BCUT2D eigenvalue weighted by molar-refractivity contribution is 0.172. The molecule has 0 radical (unpaired) electrons. The molecule has 0 aromatic carbocycles. The Balaban J connectivity index is 3.14. The molecule has 0 saturated carbocycles. The van der Waals surface area contributed by atoms with Crippen LogP contribution in [-0.2, 0) is 0 Å². The lowest BCUT2D eigenvalue weighted by Crippen LogP contribution is -1.97. The highest BCUT2D eigenvalue weighted by atomic mass is 16.5. The van der Waals surface area contributed by atoms with Gasteiger partial charge in [-0.3, -0.25) is 5.21 Å². The van der Waals surface area contributed by atoms with E-state index in [-0.39, 0.29) is 0 Å². The topological polar surface area (TPSA) is 44.6 Å². The number of hydrogen-bond donors (Lipinski definition) is 2. The molecule has 0 unspecified atom stereocenters. The van der Waals surface area contributed by atoms with Gasteiger partial charge in [-0.25, -0.2) is 0 Å². The minimum absolute atomic E-state index is 0.803. The van der Waals surface area contributed by atoms with Crippen molar-refractivity contribution in [2.75, 3.05) is 0 Å². The molecule has 0 aliphatic carbocycles. The van der Waals surface area contributed by atoms with E-state index in [1.807, 2.05) is 0 Å². The van der Waals surface area contributed by atoms with Gasteiger partial charge in [-0.2, -0.15) is 10.7 Å². The molecule has 0 saturated heterocycles. The van der Waals surface area contributed by atoms with Gasteiger partial charge in [-0.1, -0.05) is 0 Å². The summed E-state index contributed by atoms with van der Waals surface area (Å²) in [6, 6.07) is 0. The van der Waals surface area contributed by atoms with E-state index in [1.165, 1.54) is 0 Å². The van der Waals surface area contributed by atoms with Gasteiger partial charge in [0.15, 0.2) is 0 Å². The van der Waals surface area contributed by atoms with E-state index in [2.05, 4.69) is 5.10 Å². The summed E-state index contributed by atoms with van der Waals surface area (Å²) < 4.78 is 0. The third-order valence-electron chi connectivity index (χ3n) is 0.274. The van der Waals surface area contributed by atoms with Crippen molar-refractivity contribution < 1.29 is 5.21 Å². The molecule has 0 aliphatic rings. The van der Waals surface area contributed by atoms with Gasteiger partial charge >= 0.3 is 0 Å². The maximum absolute atomic E-state index is 7.80. The Kier molecular flexibility index (Phi) is 2.40. The first kappa shape index (κ1) is 5.43. The van der Waals surface area contributed by atoms with E-state index < -0.39 is 0 Å². The van der Waals surface area contributed by atoms with Gasteiger partial charge in [0, 0.05) is 5.71 Å². The molecule has 0 aromatic rings. The fourth-order valence-electron chi connectivity index (χ4n) is 0.100. The second-order valence-corrected chi connectivity index (χ2v) is 1.16. The minimum atomic E-state index is 0.803. The van der Waals surface area contributed by atoms with Crippen molar-refractivity contribution in [3.63, 3.8) is 0 Å². The number of rotatable bonds is 1. The van der Waals surface area contributed by atoms with Gasteiger partial charge in [-0.15, -0.1) is 0 Å². The Morgan fingerprint density at radius 1 is 1.67 bits per heavy atom. The standard InChI is InChI=1S/C3H8N2O/c1-3(2)4-5-6/h5-6H,1-2H3. The normalized spacial score (nSPS) is 7.17. The number of hydrogen-bond acceptors (Lipinski definition) is 3. The second-order valence-electron chi connectivity index (χ2n) is 1.16. The van der Waals surface area contributed by atoms with E-state index in [1.54, 1.807) is 19.4 Å². The highest BCUT2D eigenvalue weighted by Crippen LogP contribution is 1.63. The molecule has 0 fully saturated rings. The number of hydrazone groups is 1. The quantitative estimate of drug-likeness (QED) is 0.359. The number of nitrogens with one attached hydrogen (secondary N) is 1. The molecule has 0 aromatic heterocycles. The smallest absolute Gasteiger partial charge is 0.0341 e. The summed E-state index contributed by atoms with van der Waals surface area (Å²) in [4.78, 5) is 0. The van der Waals surface area contributed by atoms with Gasteiger partial charge in [0.2, 0.25) is 0 Å². The summed E-state index contributed by atoms with van der Waals surface area (Å²) in [6.45, 7) is 3.56. The van der Waals surface area contributed by atoms with E-state index in [4.69, 9.17) is 5.21 Å². The average Bonchev–Trinajstić information content (AvgIpc) is 1.35. The summed E-state index contributed by atoms with van der Waals surface area (Å²) in [5.41, 5.74) is 2.46. The lowest BCUT2D eigenvalue weighted by atomic mass is 10.5. The summed E-state index contributed by atoms with van der Waals surface area (Å²) >= 11 is 0. The van der Waals surface area contributed by atoms with Crippen LogP contribution in [0, 0.1) is 0 Å². The van der Waals surface area contributed by atoms with Crippen LogP contribution in [0.15, 0.2) is 5.10 Å². The van der Waals surface area contributed by atoms with Crippen LogP contribution in [-0.4, -0.2) is 10.9 Å². The molecule has 0 bridgehead atoms. The predicted octanol–water partition coefficient (Wildman–Crippen LogP) is 0.361. The first-order valence-corrected chi connectivity index (χ1v) is 1.67. The Hall–Kier alpha value is -0.570. The molecular weight excluding hydrogens is 80.0 g/mol. The molecule has 0 aliphatic heterocycles. The first-order valence-electron chi connectivity index (χ1n) is 1.67. The lowest BCUT2D eigenvalue weighted by Gasteiger charge is -1.83. The molecule has 0 heterocycles. The van der Waals surface area contributed by atoms with Gasteiger partial charge in [0.05, 0.1) is 0 Å². The third kappa shape index (κ3) is 3.43. The van der Waals surface area contributed by atoms with Gasteiger partial charge in [0.25, 0.3) is 0 Å². The van der Waals surface area contributed by atoms with Crippen LogP contribution in [0.25, 0.3) is 0 Å². The molecule has 0 atom stereocenters. The van der Waals surface area contributed by atoms with Crippen LogP contribution >= 0.6 is 0 Å². The van der Waals surface area contributed by atoms with E-state index in [0.717, 1.165) is 5.71 Å². The van der Waals surface area contributed by atoms with Gasteiger partial charge in [0.1, 0.15) is 0 Å². The molecule has 0 amide bonds. The average molecular weight is 88.1 g/mol. The summed E-state index contributed by atoms with van der Waals surface area (Å²) in [5, 5.41) is 11.1. The van der Waals surface area contributed by atoms with Crippen molar-refractivity contribution in [3.8, 4) is 0 Å². The van der Waals surface area contributed by atoms with Crippen molar-refractivity contribution in [2.24, 2.45) is 5.10 Å². The molecule has 6 heavy (non-hydrogen) atoms. The zero-order valence-corrected chi connectivity index (χ0v) is 3.89. The Labute approximate surface area is 36.6 Å². The first-order chi connectivity index (χ1) is 2.77. The molecule has 0 rings (SSSR count). The molecular formula is C3H8N2O. The maximum atomic E-state index is 7.80. The van der Waals surface area contributed by atoms with Crippen LogP contribution in [0.2, 0.25) is 0 Å². The van der Waals surface area contributed by atoms with Gasteiger partial charge < -0.3 is 0 Å². The second kappa shape index (κ2) is 2.66. The SMILES string of the molecule is CC(C)=NNO. The van der Waals surface area contributed by atoms with E-state index >= 15 is 0 Å². The summed E-state index contributed by atoms with van der Waals surface area (Å²) in [5.74, 6) is 0. The summed E-state index contributed by atoms with van der Waals surface area (Å²) in [7, 11) is 0. The number of nitrogens with zero attached hydrogens (tertiary/aromatic N) is 1. The van der Waals surface area contributed by atoms with Crippen molar-refractivity contribution in [1.29, 1.82) is 0 Å². The minimum Gasteiger partial charge on any atom is -0.274 e. The van der Waals surface area contributed by atoms with Crippen molar-refractivity contribution in [3.05, 3.63) is 0 Å².